The molecule has 2 heterocycles. The van der Waals surface area contributed by atoms with Crippen molar-refractivity contribution >= 4 is 5.91 Å². The van der Waals surface area contributed by atoms with Crippen molar-refractivity contribution in [1.29, 1.82) is 0 Å². The van der Waals surface area contributed by atoms with Crippen molar-refractivity contribution in [3.05, 3.63) is 46.6 Å². The standard InChI is InChI=1S/C27H40FN3O7/c1-15(2)22-18(25(31-30-22)38-26-24(36)23(35)21(28)19(13-32)37-26)12-17-10-8-16(9-11-17)6-5-7-20(34)29-27(3,4)14-33/h8-11,15,19,21,23-24,26,32-33,35-36H,5-7,12-14H2,1-4H3,(H,29,34)(H,30,31). The molecule has 1 amide bonds. The van der Waals surface area contributed by atoms with Crippen LogP contribution in [0.15, 0.2) is 24.3 Å². The van der Waals surface area contributed by atoms with Crippen molar-refractivity contribution in [3.8, 4) is 5.88 Å². The van der Waals surface area contributed by atoms with Crippen LogP contribution in [-0.4, -0.2) is 86.1 Å². The molecule has 212 valence electrons. The minimum atomic E-state index is -1.94. The maximum absolute atomic E-state index is 14.1. The van der Waals surface area contributed by atoms with Gasteiger partial charge in [-0.1, -0.05) is 38.1 Å². The molecule has 0 aliphatic carbocycles. The number of benzene rings is 1. The van der Waals surface area contributed by atoms with Crippen molar-refractivity contribution in [3.63, 3.8) is 0 Å². The lowest BCUT2D eigenvalue weighted by Gasteiger charge is -2.38. The summed E-state index contributed by atoms with van der Waals surface area (Å²) in [6.07, 6.45) is -5.88. The molecule has 10 nitrogen and oxygen atoms in total. The number of nitrogens with zero attached hydrogens (tertiary/aromatic N) is 1. The van der Waals surface area contributed by atoms with E-state index in [1.807, 2.05) is 38.1 Å². The minimum Gasteiger partial charge on any atom is -0.443 e. The first kappa shape index (κ1) is 30.0. The number of nitrogens with one attached hydrogen (secondary N) is 2. The summed E-state index contributed by atoms with van der Waals surface area (Å²) in [6.45, 7) is 6.72. The summed E-state index contributed by atoms with van der Waals surface area (Å²) in [5, 5.41) is 49.0. The van der Waals surface area contributed by atoms with E-state index < -0.39 is 42.9 Å². The number of aryl methyl sites for hydroxylation is 1. The van der Waals surface area contributed by atoms with Crippen LogP contribution in [0.1, 0.15) is 68.8 Å². The van der Waals surface area contributed by atoms with Crippen molar-refractivity contribution in [1.82, 2.24) is 15.5 Å². The molecule has 0 spiro atoms. The summed E-state index contributed by atoms with van der Waals surface area (Å²) >= 11 is 0. The number of rotatable bonds is 12. The number of hydrogen-bond acceptors (Lipinski definition) is 8. The molecule has 11 heteroatoms. The zero-order valence-electron chi connectivity index (χ0n) is 22.4. The van der Waals surface area contributed by atoms with Crippen molar-refractivity contribution < 1.29 is 39.1 Å². The third-order valence-electron chi connectivity index (χ3n) is 6.61. The summed E-state index contributed by atoms with van der Waals surface area (Å²) in [5.41, 5.74) is 2.99. The van der Waals surface area contributed by atoms with E-state index in [1.54, 1.807) is 13.8 Å². The summed E-state index contributed by atoms with van der Waals surface area (Å²) in [6, 6.07) is 7.96. The number of ether oxygens (including phenoxy) is 2. The fraction of sp³-hybridized carbons (Fsp3) is 0.630. The highest BCUT2D eigenvalue weighted by atomic mass is 19.1. The average Bonchev–Trinajstić information content (AvgIpc) is 3.27. The lowest BCUT2D eigenvalue weighted by Crippen LogP contribution is -2.58. The largest absolute Gasteiger partial charge is 0.443 e. The Morgan fingerprint density at radius 1 is 1.18 bits per heavy atom. The Balaban J connectivity index is 1.65. The molecule has 1 aromatic carbocycles. The Kier molecular flexibility index (Phi) is 10.2. The van der Waals surface area contributed by atoms with E-state index in [2.05, 4.69) is 15.5 Å². The van der Waals surface area contributed by atoms with Crippen LogP contribution in [0.25, 0.3) is 0 Å². The van der Waals surface area contributed by atoms with E-state index in [4.69, 9.17) is 9.47 Å². The molecule has 0 saturated carbocycles. The van der Waals surface area contributed by atoms with Crippen LogP contribution in [-0.2, 0) is 22.4 Å². The number of aliphatic hydroxyl groups excluding tert-OH is 4. The number of halogens is 1. The van der Waals surface area contributed by atoms with E-state index in [9.17, 15) is 29.6 Å². The van der Waals surface area contributed by atoms with Crippen molar-refractivity contribution in [2.45, 2.75) is 95.6 Å². The average molecular weight is 538 g/mol. The van der Waals surface area contributed by atoms with Crippen LogP contribution in [0.2, 0.25) is 0 Å². The maximum Gasteiger partial charge on any atom is 0.238 e. The van der Waals surface area contributed by atoms with Gasteiger partial charge in [0.1, 0.15) is 18.3 Å². The number of aromatic amines is 1. The summed E-state index contributed by atoms with van der Waals surface area (Å²) in [7, 11) is 0. The number of hydrogen-bond donors (Lipinski definition) is 6. The van der Waals surface area contributed by atoms with Gasteiger partial charge in [0.15, 0.2) is 6.17 Å². The fourth-order valence-corrected chi connectivity index (χ4v) is 4.32. The van der Waals surface area contributed by atoms with E-state index in [0.717, 1.165) is 28.8 Å². The normalized spacial score (nSPS) is 24.0. The van der Waals surface area contributed by atoms with Crippen LogP contribution in [0.3, 0.4) is 0 Å². The second kappa shape index (κ2) is 13.0. The predicted octanol–water partition coefficient (Wildman–Crippen LogP) is 1.49. The van der Waals surface area contributed by atoms with Gasteiger partial charge in [-0.15, -0.1) is 5.10 Å². The van der Waals surface area contributed by atoms with E-state index >= 15 is 0 Å². The van der Waals surface area contributed by atoms with Crippen LogP contribution in [0.4, 0.5) is 4.39 Å². The van der Waals surface area contributed by atoms with E-state index in [0.29, 0.717) is 19.3 Å². The predicted molar refractivity (Wildman–Crippen MR) is 137 cm³/mol. The molecule has 5 unspecified atom stereocenters. The van der Waals surface area contributed by atoms with E-state index in [-0.39, 0.29) is 24.3 Å². The Morgan fingerprint density at radius 3 is 2.45 bits per heavy atom. The summed E-state index contributed by atoms with van der Waals surface area (Å²) < 4.78 is 25.3. The molecule has 3 rings (SSSR count). The summed E-state index contributed by atoms with van der Waals surface area (Å²) in [5.74, 6) is 0.153. The molecule has 1 saturated heterocycles. The monoisotopic (exact) mass is 537 g/mol. The SMILES string of the molecule is CC(C)c1[nH]nc(OC2OC(CO)C(F)C(O)C2O)c1Cc1ccc(CCCC(=O)NC(C)(C)CO)cc1. The lowest BCUT2D eigenvalue weighted by atomic mass is 9.98. The second-order valence-corrected chi connectivity index (χ2v) is 10.8. The molecule has 1 aliphatic heterocycles. The topological polar surface area (TPSA) is 157 Å². The first-order valence-corrected chi connectivity index (χ1v) is 13.0. The highest BCUT2D eigenvalue weighted by Gasteiger charge is 2.46. The minimum absolute atomic E-state index is 0.0827. The van der Waals surface area contributed by atoms with E-state index in [1.165, 1.54) is 0 Å². The van der Waals surface area contributed by atoms with Crippen LogP contribution in [0.5, 0.6) is 5.88 Å². The third-order valence-corrected chi connectivity index (χ3v) is 6.61. The van der Waals surface area contributed by atoms with Gasteiger partial charge in [0.2, 0.25) is 18.1 Å². The summed E-state index contributed by atoms with van der Waals surface area (Å²) in [4.78, 5) is 12.1. The Labute approximate surface area is 222 Å². The van der Waals surface area contributed by atoms with Gasteiger partial charge in [0.05, 0.1) is 18.8 Å². The smallest absolute Gasteiger partial charge is 0.238 e. The molecular formula is C27H40FN3O7. The zero-order chi connectivity index (χ0) is 28.0. The zero-order valence-corrected chi connectivity index (χ0v) is 22.4. The molecule has 38 heavy (non-hydrogen) atoms. The van der Waals surface area contributed by atoms with Gasteiger partial charge in [0.25, 0.3) is 0 Å². The second-order valence-electron chi connectivity index (χ2n) is 10.8. The molecule has 0 radical (unpaired) electrons. The number of carbonyl (C=O) groups excluding carboxylic acids is 1. The first-order valence-electron chi connectivity index (χ1n) is 13.0. The molecular weight excluding hydrogens is 497 g/mol. The number of alkyl halides is 1. The molecule has 1 fully saturated rings. The first-order chi connectivity index (χ1) is 18.0. The highest BCUT2D eigenvalue weighted by Crippen LogP contribution is 2.31. The highest BCUT2D eigenvalue weighted by molar-refractivity contribution is 5.76. The van der Waals surface area contributed by atoms with Crippen molar-refractivity contribution in [2.24, 2.45) is 0 Å². The molecule has 0 bridgehead atoms. The van der Waals surface area contributed by atoms with Crippen LogP contribution in [0, 0.1) is 0 Å². The molecule has 2 aromatic rings. The number of aliphatic hydroxyl groups is 4. The molecule has 1 aliphatic rings. The van der Waals surface area contributed by atoms with Gasteiger partial charge in [-0.25, -0.2) is 4.39 Å². The van der Waals surface area contributed by atoms with Gasteiger partial charge in [-0.3, -0.25) is 9.89 Å². The van der Waals surface area contributed by atoms with Gasteiger partial charge >= 0.3 is 0 Å². The molecule has 5 atom stereocenters. The third kappa shape index (κ3) is 7.51. The Hall–Kier alpha value is -2.57. The Morgan fingerprint density at radius 2 is 1.84 bits per heavy atom. The number of amides is 1. The van der Waals surface area contributed by atoms with Crippen molar-refractivity contribution in [2.75, 3.05) is 13.2 Å². The maximum atomic E-state index is 14.1. The van der Waals surface area contributed by atoms with Gasteiger partial charge in [-0.05, 0) is 43.7 Å². The molecule has 1 aromatic heterocycles. The van der Waals surface area contributed by atoms with Gasteiger partial charge in [0, 0.05) is 24.1 Å². The lowest BCUT2D eigenvalue weighted by molar-refractivity contribution is -0.265. The molecule has 6 N–H and O–H groups in total. The Bertz CT molecular complexity index is 1040. The van der Waals surface area contributed by atoms with Crippen LogP contribution >= 0.6 is 0 Å². The van der Waals surface area contributed by atoms with Gasteiger partial charge < -0.3 is 35.2 Å². The fourth-order valence-electron chi connectivity index (χ4n) is 4.32. The number of aromatic nitrogens is 2. The number of carbonyl (C=O) groups is 1. The van der Waals surface area contributed by atoms with Gasteiger partial charge in [-0.2, -0.15) is 0 Å². The number of H-pyrrole nitrogens is 1. The quantitative estimate of drug-likeness (QED) is 0.238. The van der Waals surface area contributed by atoms with Crippen LogP contribution < -0.4 is 10.1 Å².